The van der Waals surface area contributed by atoms with Gasteiger partial charge in [-0.05, 0) is 53.8 Å². The number of piperidine rings is 1. The van der Waals surface area contributed by atoms with Gasteiger partial charge in [-0.25, -0.2) is 0 Å². The van der Waals surface area contributed by atoms with Crippen LogP contribution in [-0.2, 0) is 0 Å². The second kappa shape index (κ2) is 7.10. The molecule has 1 aromatic rings. The van der Waals surface area contributed by atoms with Gasteiger partial charge in [-0.3, -0.25) is 4.79 Å². The molecule has 19 heavy (non-hydrogen) atoms. The smallest absolute Gasteiger partial charge is 0.267 e. The van der Waals surface area contributed by atoms with E-state index < -0.39 is 0 Å². The second-order valence-corrected chi connectivity index (χ2v) is 6.32. The van der Waals surface area contributed by atoms with Gasteiger partial charge in [0, 0.05) is 23.8 Å². The number of amides is 1. The minimum absolute atomic E-state index is 0.0313. The zero-order valence-electron chi connectivity index (χ0n) is 11.4. The molecule has 1 unspecified atom stereocenters. The lowest BCUT2D eigenvalue weighted by molar-refractivity contribution is 0.0938. The van der Waals surface area contributed by atoms with Crippen LogP contribution in [0.3, 0.4) is 0 Å². The Hall–Kier alpha value is -0.810. The van der Waals surface area contributed by atoms with E-state index in [2.05, 4.69) is 38.1 Å². The second-order valence-electron chi connectivity index (χ2n) is 5.41. The lowest BCUT2D eigenvalue weighted by atomic mass is 10.1. The van der Waals surface area contributed by atoms with Gasteiger partial charge in [0.25, 0.3) is 5.91 Å². The molecule has 1 aliphatic rings. The lowest BCUT2D eigenvalue weighted by Gasteiger charge is -2.29. The predicted octanol–water partition coefficient (Wildman–Crippen LogP) is 2.63. The van der Waals surface area contributed by atoms with Crippen molar-refractivity contribution in [1.82, 2.24) is 15.2 Å². The third kappa shape index (κ3) is 4.66. The molecule has 1 aliphatic heterocycles. The van der Waals surface area contributed by atoms with Crippen LogP contribution in [0, 0.1) is 5.92 Å². The Bertz CT molecular complexity index is 413. The topological polar surface area (TPSA) is 48.1 Å². The lowest BCUT2D eigenvalue weighted by Crippen LogP contribution is -2.38. The van der Waals surface area contributed by atoms with E-state index >= 15 is 0 Å². The van der Waals surface area contributed by atoms with Crippen LogP contribution in [0.5, 0.6) is 0 Å². The molecule has 1 fully saturated rings. The van der Waals surface area contributed by atoms with Gasteiger partial charge in [0.2, 0.25) is 0 Å². The number of likely N-dealkylation sites (tertiary alicyclic amines) is 1. The minimum Gasteiger partial charge on any atom is -0.356 e. The molecule has 1 atom stereocenters. The summed E-state index contributed by atoms with van der Waals surface area (Å²) in [6.07, 6.45) is 5.76. The summed E-state index contributed by atoms with van der Waals surface area (Å²) < 4.78 is 0.902. The van der Waals surface area contributed by atoms with Crippen molar-refractivity contribution in [3.8, 4) is 0 Å². The molecule has 1 saturated heterocycles. The highest BCUT2D eigenvalue weighted by atomic mass is 79.9. The van der Waals surface area contributed by atoms with Crippen LogP contribution in [0.1, 0.15) is 36.7 Å². The van der Waals surface area contributed by atoms with Gasteiger partial charge >= 0.3 is 0 Å². The standard InChI is InChI=1S/C14H22BrN3O/c1-11(10-18-5-3-2-4-6-18)8-17-14(19)13-7-12(15)9-16-13/h7,9,11,16H,2-6,8,10H2,1H3,(H,17,19). The third-order valence-electron chi connectivity index (χ3n) is 3.52. The highest BCUT2D eigenvalue weighted by molar-refractivity contribution is 9.10. The van der Waals surface area contributed by atoms with E-state index in [1.807, 2.05) is 0 Å². The largest absolute Gasteiger partial charge is 0.356 e. The SMILES string of the molecule is CC(CNC(=O)c1cc(Br)c[nH]1)CN1CCCCC1. The number of aromatic amines is 1. The van der Waals surface area contributed by atoms with E-state index in [0.717, 1.165) is 17.6 Å². The number of hydrogen-bond acceptors (Lipinski definition) is 2. The Kier molecular flexibility index (Phi) is 5.45. The maximum atomic E-state index is 11.9. The van der Waals surface area contributed by atoms with Crippen molar-refractivity contribution in [3.05, 3.63) is 22.4 Å². The van der Waals surface area contributed by atoms with Crippen molar-refractivity contribution in [2.45, 2.75) is 26.2 Å². The van der Waals surface area contributed by atoms with E-state index in [0.29, 0.717) is 11.6 Å². The first kappa shape index (κ1) is 14.6. The summed E-state index contributed by atoms with van der Waals surface area (Å²) in [5.41, 5.74) is 0.608. The molecule has 0 saturated carbocycles. The first-order chi connectivity index (χ1) is 9.15. The molecule has 0 aliphatic carbocycles. The van der Waals surface area contributed by atoms with Gasteiger partial charge in [0.05, 0.1) is 0 Å². The quantitative estimate of drug-likeness (QED) is 0.873. The van der Waals surface area contributed by atoms with Gasteiger partial charge in [-0.15, -0.1) is 0 Å². The number of hydrogen-bond donors (Lipinski definition) is 2. The number of rotatable bonds is 5. The molecule has 2 N–H and O–H groups in total. The summed E-state index contributed by atoms with van der Waals surface area (Å²) in [5.74, 6) is 0.455. The summed E-state index contributed by atoms with van der Waals surface area (Å²) in [5, 5.41) is 2.98. The van der Waals surface area contributed by atoms with E-state index in [-0.39, 0.29) is 5.91 Å². The Labute approximate surface area is 123 Å². The van der Waals surface area contributed by atoms with Crippen molar-refractivity contribution < 1.29 is 4.79 Å². The monoisotopic (exact) mass is 327 g/mol. The van der Waals surface area contributed by atoms with Crippen LogP contribution in [0.2, 0.25) is 0 Å². The van der Waals surface area contributed by atoms with Crippen molar-refractivity contribution >= 4 is 21.8 Å². The molecule has 0 radical (unpaired) electrons. The number of halogens is 1. The van der Waals surface area contributed by atoms with E-state index in [1.165, 1.54) is 32.4 Å². The molecule has 1 aromatic heterocycles. The Balaban J connectivity index is 1.70. The van der Waals surface area contributed by atoms with Crippen molar-refractivity contribution in [2.75, 3.05) is 26.2 Å². The number of carbonyl (C=O) groups excluding carboxylic acids is 1. The fourth-order valence-corrected chi connectivity index (χ4v) is 2.85. The average Bonchev–Trinajstić information content (AvgIpc) is 2.84. The summed E-state index contributed by atoms with van der Waals surface area (Å²) in [7, 11) is 0. The van der Waals surface area contributed by atoms with Crippen LogP contribution < -0.4 is 5.32 Å². The normalized spacial score (nSPS) is 18.2. The number of H-pyrrole nitrogens is 1. The number of nitrogens with one attached hydrogen (secondary N) is 2. The highest BCUT2D eigenvalue weighted by Gasteiger charge is 2.14. The molecule has 0 spiro atoms. The molecule has 0 bridgehead atoms. The Morgan fingerprint density at radius 2 is 2.21 bits per heavy atom. The van der Waals surface area contributed by atoms with E-state index in [4.69, 9.17) is 0 Å². The van der Waals surface area contributed by atoms with Gasteiger partial charge < -0.3 is 15.2 Å². The first-order valence-electron chi connectivity index (χ1n) is 6.99. The maximum absolute atomic E-state index is 11.9. The Morgan fingerprint density at radius 1 is 1.47 bits per heavy atom. The third-order valence-corrected chi connectivity index (χ3v) is 3.98. The molecule has 5 heteroatoms. The summed E-state index contributed by atoms with van der Waals surface area (Å²) in [6.45, 7) is 6.42. The fraction of sp³-hybridized carbons (Fsp3) is 0.643. The molecular weight excluding hydrogens is 306 g/mol. The van der Waals surface area contributed by atoms with Gasteiger partial charge in [-0.2, -0.15) is 0 Å². The molecule has 4 nitrogen and oxygen atoms in total. The van der Waals surface area contributed by atoms with Crippen LogP contribution >= 0.6 is 15.9 Å². The molecule has 2 rings (SSSR count). The van der Waals surface area contributed by atoms with E-state index in [1.54, 1.807) is 12.3 Å². The zero-order chi connectivity index (χ0) is 13.7. The van der Waals surface area contributed by atoms with E-state index in [9.17, 15) is 4.79 Å². The number of nitrogens with zero attached hydrogens (tertiary/aromatic N) is 1. The molecule has 1 amide bonds. The van der Waals surface area contributed by atoms with Crippen molar-refractivity contribution in [3.63, 3.8) is 0 Å². The van der Waals surface area contributed by atoms with Crippen molar-refractivity contribution in [2.24, 2.45) is 5.92 Å². The fourth-order valence-electron chi connectivity index (χ4n) is 2.51. The predicted molar refractivity (Wildman–Crippen MR) is 80.3 cm³/mol. The van der Waals surface area contributed by atoms with Gasteiger partial charge in [0.1, 0.15) is 5.69 Å². The maximum Gasteiger partial charge on any atom is 0.267 e. The summed E-state index contributed by atoms with van der Waals surface area (Å²) in [6, 6.07) is 1.80. The first-order valence-corrected chi connectivity index (χ1v) is 7.79. The molecule has 0 aromatic carbocycles. The van der Waals surface area contributed by atoms with Crippen molar-refractivity contribution in [1.29, 1.82) is 0 Å². The molecule has 106 valence electrons. The summed E-state index contributed by atoms with van der Waals surface area (Å²) in [4.78, 5) is 17.3. The molecular formula is C14H22BrN3O. The Morgan fingerprint density at radius 3 is 2.84 bits per heavy atom. The average molecular weight is 328 g/mol. The summed E-state index contributed by atoms with van der Waals surface area (Å²) >= 11 is 3.33. The molecule has 2 heterocycles. The van der Waals surface area contributed by atoms with Gasteiger partial charge in [-0.1, -0.05) is 13.3 Å². The number of aromatic nitrogens is 1. The minimum atomic E-state index is -0.0313. The van der Waals surface area contributed by atoms with Gasteiger partial charge in [0.15, 0.2) is 0 Å². The van der Waals surface area contributed by atoms with Crippen LogP contribution in [0.25, 0.3) is 0 Å². The highest BCUT2D eigenvalue weighted by Crippen LogP contribution is 2.12. The van der Waals surface area contributed by atoms with Crippen LogP contribution in [0.15, 0.2) is 16.7 Å². The zero-order valence-corrected chi connectivity index (χ0v) is 13.0. The van der Waals surface area contributed by atoms with Crippen LogP contribution in [0.4, 0.5) is 0 Å². The number of carbonyl (C=O) groups is 1. The van der Waals surface area contributed by atoms with Crippen LogP contribution in [-0.4, -0.2) is 42.0 Å².